The van der Waals surface area contributed by atoms with Gasteiger partial charge in [-0.1, -0.05) is 6.07 Å². The Bertz CT molecular complexity index is 765. The Hall–Kier alpha value is -2.08. The van der Waals surface area contributed by atoms with Crippen molar-refractivity contribution in [1.29, 1.82) is 0 Å². The lowest BCUT2D eigenvalue weighted by Gasteiger charge is -2.18. The van der Waals surface area contributed by atoms with E-state index < -0.39 is 11.7 Å². The lowest BCUT2D eigenvalue weighted by molar-refractivity contribution is -0.137. The van der Waals surface area contributed by atoms with Crippen molar-refractivity contribution in [2.24, 2.45) is 0 Å². The van der Waals surface area contributed by atoms with Gasteiger partial charge in [-0.3, -0.25) is 4.98 Å². The normalized spacial score (nSPS) is 11.8. The van der Waals surface area contributed by atoms with Crippen LogP contribution in [0.3, 0.4) is 0 Å². The molecule has 0 radical (unpaired) electrons. The first kappa shape index (κ1) is 13.9. The molecule has 1 aromatic carbocycles. The molecule has 21 heavy (non-hydrogen) atoms. The number of anilines is 2. The second kappa shape index (κ2) is 5.04. The average molecular weight is 308 g/mol. The van der Waals surface area contributed by atoms with E-state index in [1.165, 1.54) is 23.5 Å². The highest BCUT2D eigenvalue weighted by molar-refractivity contribution is 7.17. The molecular weight excluding hydrogens is 297 g/mol. The third-order valence-corrected chi connectivity index (χ3v) is 4.23. The largest absolute Gasteiger partial charge is 0.416 e. The Morgan fingerprint density at radius 2 is 1.81 bits per heavy atom. The van der Waals surface area contributed by atoms with E-state index in [2.05, 4.69) is 4.98 Å². The number of nitrogens with zero attached hydrogens (tertiary/aromatic N) is 2. The summed E-state index contributed by atoms with van der Waals surface area (Å²) in [6.45, 7) is 0. The molecule has 2 aromatic heterocycles. The lowest BCUT2D eigenvalue weighted by Crippen LogP contribution is -2.08. The summed E-state index contributed by atoms with van der Waals surface area (Å²) in [4.78, 5) is 5.90. The Morgan fingerprint density at radius 3 is 2.48 bits per heavy atom. The fourth-order valence-electron chi connectivity index (χ4n) is 2.16. The van der Waals surface area contributed by atoms with Gasteiger partial charge in [-0.2, -0.15) is 13.2 Å². The van der Waals surface area contributed by atoms with Crippen molar-refractivity contribution in [3.63, 3.8) is 0 Å². The van der Waals surface area contributed by atoms with Gasteiger partial charge in [0.1, 0.15) is 0 Å². The van der Waals surface area contributed by atoms with Crippen LogP contribution in [0.15, 0.2) is 48.1 Å². The monoisotopic (exact) mass is 308 g/mol. The molecule has 0 atom stereocenters. The van der Waals surface area contributed by atoms with E-state index in [9.17, 15) is 13.2 Å². The number of fused-ring (bicyclic) bond motifs is 1. The quantitative estimate of drug-likeness (QED) is 0.656. The molecule has 6 heteroatoms. The maximum atomic E-state index is 12.7. The van der Waals surface area contributed by atoms with Gasteiger partial charge in [0.05, 0.1) is 11.3 Å². The standard InChI is InChI=1S/C15H11F3N2S/c1-20(11-4-6-19-7-5-11)13-9-21-14-8-10(15(16,17)18)2-3-12(13)14/h2-9H,1H3. The van der Waals surface area contributed by atoms with Crippen LogP contribution >= 0.6 is 11.3 Å². The number of alkyl halides is 3. The van der Waals surface area contributed by atoms with Crippen molar-refractivity contribution in [2.45, 2.75) is 6.18 Å². The van der Waals surface area contributed by atoms with Gasteiger partial charge in [0, 0.05) is 40.6 Å². The molecule has 2 heterocycles. The van der Waals surface area contributed by atoms with Crippen LogP contribution in [0.2, 0.25) is 0 Å². The Morgan fingerprint density at radius 1 is 1.10 bits per heavy atom. The van der Waals surface area contributed by atoms with Crippen LogP contribution in [0.1, 0.15) is 5.56 Å². The molecule has 0 saturated heterocycles. The van der Waals surface area contributed by atoms with Crippen LogP contribution in [-0.4, -0.2) is 12.0 Å². The predicted molar refractivity (Wildman–Crippen MR) is 79.1 cm³/mol. The maximum Gasteiger partial charge on any atom is 0.416 e. The van der Waals surface area contributed by atoms with Crippen LogP contribution < -0.4 is 4.90 Å². The highest BCUT2D eigenvalue weighted by Gasteiger charge is 2.30. The molecule has 0 fully saturated rings. The van der Waals surface area contributed by atoms with E-state index in [-0.39, 0.29) is 0 Å². The van der Waals surface area contributed by atoms with Gasteiger partial charge in [0.2, 0.25) is 0 Å². The van der Waals surface area contributed by atoms with E-state index in [0.29, 0.717) is 4.70 Å². The zero-order chi connectivity index (χ0) is 15.0. The molecule has 3 rings (SSSR count). The summed E-state index contributed by atoms with van der Waals surface area (Å²) in [5, 5.41) is 2.68. The molecule has 0 aliphatic carbocycles. The molecule has 2 nitrogen and oxygen atoms in total. The summed E-state index contributed by atoms with van der Waals surface area (Å²) >= 11 is 1.31. The van der Waals surface area contributed by atoms with Crippen LogP contribution in [-0.2, 0) is 6.18 Å². The fraction of sp³-hybridized carbons (Fsp3) is 0.133. The number of benzene rings is 1. The predicted octanol–water partition coefficient (Wildman–Crippen LogP) is 5.08. The first-order chi connectivity index (χ1) is 9.97. The maximum absolute atomic E-state index is 12.7. The fourth-order valence-corrected chi connectivity index (χ4v) is 3.18. The molecule has 3 aromatic rings. The van der Waals surface area contributed by atoms with Crippen molar-refractivity contribution in [2.75, 3.05) is 11.9 Å². The van der Waals surface area contributed by atoms with Crippen molar-refractivity contribution >= 4 is 32.8 Å². The van der Waals surface area contributed by atoms with E-state index in [1.54, 1.807) is 12.4 Å². The first-order valence-corrected chi connectivity index (χ1v) is 7.07. The van der Waals surface area contributed by atoms with Gasteiger partial charge < -0.3 is 4.90 Å². The van der Waals surface area contributed by atoms with E-state index in [4.69, 9.17) is 0 Å². The number of halogens is 3. The second-order valence-corrected chi connectivity index (χ2v) is 5.51. The van der Waals surface area contributed by atoms with Gasteiger partial charge in [-0.15, -0.1) is 11.3 Å². The zero-order valence-corrected chi connectivity index (χ0v) is 11.9. The average Bonchev–Trinajstić information content (AvgIpc) is 2.89. The molecule has 0 spiro atoms. The summed E-state index contributed by atoms with van der Waals surface area (Å²) in [6, 6.07) is 7.56. The molecule has 0 N–H and O–H groups in total. The summed E-state index contributed by atoms with van der Waals surface area (Å²) in [5.41, 5.74) is 1.20. The van der Waals surface area contributed by atoms with E-state index in [1.807, 2.05) is 29.5 Å². The van der Waals surface area contributed by atoms with Crippen LogP contribution in [0.4, 0.5) is 24.5 Å². The number of aromatic nitrogens is 1. The smallest absolute Gasteiger partial charge is 0.343 e. The summed E-state index contributed by atoms with van der Waals surface area (Å²) in [6.07, 6.45) is -0.945. The van der Waals surface area contributed by atoms with E-state index >= 15 is 0 Å². The van der Waals surface area contributed by atoms with Gasteiger partial charge in [0.15, 0.2) is 0 Å². The van der Waals surface area contributed by atoms with Crippen molar-refractivity contribution in [3.8, 4) is 0 Å². The highest BCUT2D eigenvalue weighted by atomic mass is 32.1. The topological polar surface area (TPSA) is 16.1 Å². The SMILES string of the molecule is CN(c1ccncc1)c1csc2cc(C(F)(F)F)ccc12. The number of thiophene rings is 1. The Balaban J connectivity index is 2.05. The Kier molecular flexibility index (Phi) is 3.33. The van der Waals surface area contributed by atoms with Gasteiger partial charge >= 0.3 is 6.18 Å². The van der Waals surface area contributed by atoms with Crippen molar-refractivity contribution in [3.05, 3.63) is 53.7 Å². The third kappa shape index (κ3) is 2.58. The molecule has 0 amide bonds. The number of hydrogen-bond donors (Lipinski definition) is 0. The highest BCUT2D eigenvalue weighted by Crippen LogP contribution is 2.39. The third-order valence-electron chi connectivity index (χ3n) is 3.29. The van der Waals surface area contributed by atoms with Gasteiger partial charge in [0.25, 0.3) is 0 Å². The Labute approximate surface area is 123 Å². The van der Waals surface area contributed by atoms with Gasteiger partial charge in [-0.25, -0.2) is 0 Å². The number of hydrogen-bond acceptors (Lipinski definition) is 3. The molecule has 0 aliphatic rings. The molecule has 0 aliphatic heterocycles. The van der Waals surface area contributed by atoms with Crippen LogP contribution in [0.25, 0.3) is 10.1 Å². The van der Waals surface area contributed by atoms with Crippen molar-refractivity contribution < 1.29 is 13.2 Å². The first-order valence-electron chi connectivity index (χ1n) is 6.19. The second-order valence-electron chi connectivity index (χ2n) is 4.59. The van der Waals surface area contributed by atoms with Crippen LogP contribution in [0.5, 0.6) is 0 Å². The molecule has 108 valence electrons. The minimum atomic E-state index is -4.31. The zero-order valence-electron chi connectivity index (χ0n) is 11.1. The summed E-state index contributed by atoms with van der Waals surface area (Å²) in [7, 11) is 1.88. The minimum Gasteiger partial charge on any atom is -0.343 e. The summed E-state index contributed by atoms with van der Waals surface area (Å²) < 4.78 is 38.8. The summed E-state index contributed by atoms with van der Waals surface area (Å²) in [5.74, 6) is 0. The van der Waals surface area contributed by atoms with E-state index in [0.717, 1.165) is 22.8 Å². The number of pyridine rings is 1. The molecular formula is C15H11F3N2S. The lowest BCUT2D eigenvalue weighted by atomic mass is 10.1. The molecule has 0 unspecified atom stereocenters. The van der Waals surface area contributed by atoms with Crippen molar-refractivity contribution in [1.82, 2.24) is 4.98 Å². The molecule has 0 saturated carbocycles. The van der Waals surface area contributed by atoms with Crippen LogP contribution in [0, 0.1) is 0 Å². The number of rotatable bonds is 2. The minimum absolute atomic E-state index is 0.616. The molecule has 0 bridgehead atoms. The van der Waals surface area contributed by atoms with Gasteiger partial charge in [-0.05, 0) is 24.3 Å².